The van der Waals surface area contributed by atoms with Crippen molar-refractivity contribution in [1.82, 2.24) is 10.2 Å². The molecule has 1 heterocycles. The molecular weight excluding hydrogens is 260 g/mol. The Morgan fingerprint density at radius 2 is 1.90 bits per heavy atom. The molecule has 1 N–H and O–H groups in total. The molecular formula is C18H28N2O. The van der Waals surface area contributed by atoms with E-state index in [4.69, 9.17) is 0 Å². The maximum absolute atomic E-state index is 12.0. The second-order valence-electron chi connectivity index (χ2n) is 6.09. The quantitative estimate of drug-likeness (QED) is 0.782. The zero-order chi connectivity index (χ0) is 14.9. The summed E-state index contributed by atoms with van der Waals surface area (Å²) < 4.78 is 0. The number of hydrogen-bond donors (Lipinski definition) is 1. The Balaban J connectivity index is 1.58. The lowest BCUT2D eigenvalue weighted by atomic mass is 10.1. The Morgan fingerprint density at radius 3 is 2.62 bits per heavy atom. The third-order valence-electron chi connectivity index (χ3n) is 4.30. The number of hydrogen-bond acceptors (Lipinski definition) is 2. The van der Waals surface area contributed by atoms with Crippen LogP contribution >= 0.6 is 0 Å². The number of aryl methyl sites for hydroxylation is 1. The van der Waals surface area contributed by atoms with Gasteiger partial charge in [0.15, 0.2) is 0 Å². The first kappa shape index (κ1) is 16.0. The van der Waals surface area contributed by atoms with Gasteiger partial charge in [-0.25, -0.2) is 0 Å². The molecule has 3 nitrogen and oxygen atoms in total. The summed E-state index contributed by atoms with van der Waals surface area (Å²) in [6, 6.07) is 10.8. The molecule has 1 aliphatic heterocycles. The van der Waals surface area contributed by atoms with Crippen molar-refractivity contribution in [2.45, 2.75) is 51.5 Å². The van der Waals surface area contributed by atoms with Gasteiger partial charge in [-0.05, 0) is 51.3 Å². The zero-order valence-corrected chi connectivity index (χ0v) is 13.2. The summed E-state index contributed by atoms with van der Waals surface area (Å²) in [7, 11) is 0. The van der Waals surface area contributed by atoms with Crippen molar-refractivity contribution in [3.8, 4) is 0 Å². The average molecular weight is 288 g/mol. The van der Waals surface area contributed by atoms with E-state index in [-0.39, 0.29) is 5.91 Å². The van der Waals surface area contributed by atoms with Crippen molar-refractivity contribution in [1.29, 1.82) is 0 Å². The van der Waals surface area contributed by atoms with Gasteiger partial charge in [-0.3, -0.25) is 4.79 Å². The molecule has 0 spiro atoms. The van der Waals surface area contributed by atoms with Crippen molar-refractivity contribution < 1.29 is 4.79 Å². The van der Waals surface area contributed by atoms with Crippen molar-refractivity contribution >= 4 is 5.91 Å². The molecule has 1 atom stereocenters. The number of carbonyl (C=O) groups excluding carboxylic acids is 1. The lowest BCUT2D eigenvalue weighted by Crippen LogP contribution is -2.40. The van der Waals surface area contributed by atoms with Gasteiger partial charge in [0.25, 0.3) is 0 Å². The first-order valence-electron chi connectivity index (χ1n) is 8.30. The summed E-state index contributed by atoms with van der Waals surface area (Å²) in [5.41, 5.74) is 1.34. The van der Waals surface area contributed by atoms with E-state index in [9.17, 15) is 4.79 Å². The van der Waals surface area contributed by atoms with E-state index in [0.717, 1.165) is 32.5 Å². The molecule has 1 amide bonds. The minimum Gasteiger partial charge on any atom is -0.356 e. The van der Waals surface area contributed by atoms with E-state index in [0.29, 0.717) is 12.5 Å². The molecule has 0 aromatic heterocycles. The zero-order valence-electron chi connectivity index (χ0n) is 13.2. The first-order valence-corrected chi connectivity index (χ1v) is 8.30. The Kier molecular flexibility index (Phi) is 6.74. The van der Waals surface area contributed by atoms with Crippen LogP contribution in [0, 0.1) is 0 Å². The van der Waals surface area contributed by atoms with Crippen LogP contribution in [0.1, 0.15) is 44.6 Å². The van der Waals surface area contributed by atoms with Crippen molar-refractivity contribution in [2.75, 3.05) is 19.6 Å². The van der Waals surface area contributed by atoms with Crippen molar-refractivity contribution in [3.63, 3.8) is 0 Å². The van der Waals surface area contributed by atoms with Gasteiger partial charge in [0.05, 0.1) is 0 Å². The number of carbonyl (C=O) groups is 1. The number of rotatable bonds is 7. The molecule has 1 aromatic carbocycles. The minimum atomic E-state index is 0.195. The monoisotopic (exact) mass is 288 g/mol. The van der Waals surface area contributed by atoms with Gasteiger partial charge in [-0.2, -0.15) is 0 Å². The van der Waals surface area contributed by atoms with Crippen LogP contribution in [0.4, 0.5) is 0 Å². The Morgan fingerprint density at radius 1 is 1.19 bits per heavy atom. The predicted molar refractivity (Wildman–Crippen MR) is 87.3 cm³/mol. The number of nitrogens with zero attached hydrogens (tertiary/aromatic N) is 1. The Labute approximate surface area is 128 Å². The molecule has 1 fully saturated rings. The molecule has 2 rings (SSSR count). The summed E-state index contributed by atoms with van der Waals surface area (Å²) in [6.45, 7) is 5.26. The lowest BCUT2D eigenvalue weighted by Gasteiger charge is -2.31. The van der Waals surface area contributed by atoms with Crippen molar-refractivity contribution in [2.24, 2.45) is 0 Å². The number of nitrogens with one attached hydrogen (secondary N) is 1. The number of likely N-dealkylation sites (tertiary alicyclic amines) is 1. The van der Waals surface area contributed by atoms with Gasteiger partial charge in [-0.15, -0.1) is 0 Å². The highest BCUT2D eigenvalue weighted by Crippen LogP contribution is 2.13. The lowest BCUT2D eigenvalue weighted by molar-refractivity contribution is -0.122. The van der Waals surface area contributed by atoms with Crippen LogP contribution in [-0.4, -0.2) is 36.5 Å². The number of benzene rings is 1. The van der Waals surface area contributed by atoms with Gasteiger partial charge >= 0.3 is 0 Å². The maximum atomic E-state index is 12.0. The molecule has 0 aliphatic carbocycles. The molecule has 1 saturated heterocycles. The topological polar surface area (TPSA) is 32.3 Å². The van der Waals surface area contributed by atoms with Crippen molar-refractivity contribution in [3.05, 3.63) is 35.9 Å². The highest BCUT2D eigenvalue weighted by atomic mass is 16.1. The van der Waals surface area contributed by atoms with E-state index < -0.39 is 0 Å². The predicted octanol–water partition coefficient (Wildman–Crippen LogP) is 3.00. The van der Waals surface area contributed by atoms with Gasteiger partial charge in [0, 0.05) is 19.0 Å². The molecule has 0 radical (unpaired) electrons. The van der Waals surface area contributed by atoms with E-state index in [1.165, 1.54) is 24.8 Å². The molecule has 0 unspecified atom stereocenters. The van der Waals surface area contributed by atoms with Gasteiger partial charge in [0.1, 0.15) is 0 Å². The molecule has 21 heavy (non-hydrogen) atoms. The van der Waals surface area contributed by atoms with Gasteiger partial charge < -0.3 is 10.2 Å². The second kappa shape index (κ2) is 8.83. The Bertz CT molecular complexity index is 412. The van der Waals surface area contributed by atoms with Gasteiger partial charge in [0.2, 0.25) is 5.91 Å². The molecule has 116 valence electrons. The summed E-state index contributed by atoms with van der Waals surface area (Å²) in [4.78, 5) is 14.4. The third-order valence-corrected chi connectivity index (χ3v) is 4.30. The Hall–Kier alpha value is -1.35. The maximum Gasteiger partial charge on any atom is 0.221 e. The first-order chi connectivity index (χ1) is 10.3. The minimum absolute atomic E-state index is 0.195. The van der Waals surface area contributed by atoms with E-state index in [1.54, 1.807) is 0 Å². The summed E-state index contributed by atoms with van der Waals surface area (Å²) >= 11 is 0. The van der Waals surface area contributed by atoms with Crippen LogP contribution in [0.5, 0.6) is 0 Å². The standard InChI is InChI=1S/C18H28N2O/c1-16(20-13-6-3-7-14-20)15-18(21)19-12-8-11-17-9-4-2-5-10-17/h2,4-5,9-10,16H,3,6-8,11-15H2,1H3,(H,19,21)/t16-/m0/s1. The van der Waals surface area contributed by atoms with E-state index in [1.807, 2.05) is 6.07 Å². The molecule has 1 aromatic rings. The second-order valence-corrected chi connectivity index (χ2v) is 6.09. The summed E-state index contributed by atoms with van der Waals surface area (Å²) in [5.74, 6) is 0.195. The van der Waals surface area contributed by atoms with Crippen LogP contribution in [-0.2, 0) is 11.2 Å². The fraction of sp³-hybridized carbons (Fsp3) is 0.611. The number of amides is 1. The molecule has 3 heteroatoms. The van der Waals surface area contributed by atoms with E-state index >= 15 is 0 Å². The molecule has 1 aliphatic rings. The third kappa shape index (κ3) is 5.88. The van der Waals surface area contributed by atoms with Crippen LogP contribution < -0.4 is 5.32 Å². The summed E-state index contributed by atoms with van der Waals surface area (Å²) in [5, 5.41) is 3.06. The van der Waals surface area contributed by atoms with Gasteiger partial charge in [-0.1, -0.05) is 36.8 Å². The average Bonchev–Trinajstić information content (AvgIpc) is 2.53. The fourth-order valence-electron chi connectivity index (χ4n) is 2.99. The molecule has 0 saturated carbocycles. The fourth-order valence-corrected chi connectivity index (χ4v) is 2.99. The van der Waals surface area contributed by atoms with Crippen LogP contribution in [0.25, 0.3) is 0 Å². The largest absolute Gasteiger partial charge is 0.356 e. The normalized spacial score (nSPS) is 17.4. The number of piperidine rings is 1. The van der Waals surface area contributed by atoms with Crippen LogP contribution in [0.15, 0.2) is 30.3 Å². The van der Waals surface area contributed by atoms with E-state index in [2.05, 4.69) is 41.4 Å². The smallest absolute Gasteiger partial charge is 0.221 e. The van der Waals surface area contributed by atoms with Crippen LogP contribution in [0.2, 0.25) is 0 Å². The van der Waals surface area contributed by atoms with Crippen LogP contribution in [0.3, 0.4) is 0 Å². The molecule has 0 bridgehead atoms. The highest BCUT2D eigenvalue weighted by molar-refractivity contribution is 5.76. The SMILES string of the molecule is C[C@@H](CC(=O)NCCCc1ccccc1)N1CCCCC1. The summed E-state index contributed by atoms with van der Waals surface area (Å²) in [6.07, 6.45) is 6.57. The highest BCUT2D eigenvalue weighted by Gasteiger charge is 2.18.